The van der Waals surface area contributed by atoms with Gasteiger partial charge in [0.15, 0.2) is 0 Å². The highest BCUT2D eigenvalue weighted by Gasteiger charge is 2.22. The van der Waals surface area contributed by atoms with E-state index in [0.717, 1.165) is 26.2 Å². The fraction of sp³-hybridized carbons (Fsp3) is 0.421. The molecule has 0 spiro atoms. The summed E-state index contributed by atoms with van der Waals surface area (Å²) < 4.78 is 6.00. The minimum atomic E-state index is -0.512. The summed E-state index contributed by atoms with van der Waals surface area (Å²) in [6.07, 6.45) is -0.128. The number of non-ortho nitro benzene ring substituents is 1. The van der Waals surface area contributed by atoms with Gasteiger partial charge in [0.05, 0.1) is 41.1 Å². The van der Waals surface area contributed by atoms with E-state index in [-0.39, 0.29) is 17.7 Å². The van der Waals surface area contributed by atoms with Gasteiger partial charge in [0, 0.05) is 38.3 Å². The van der Waals surface area contributed by atoms with Gasteiger partial charge in [-0.15, -0.1) is 0 Å². The van der Waals surface area contributed by atoms with Gasteiger partial charge in [0.1, 0.15) is 0 Å². The van der Waals surface area contributed by atoms with Crippen LogP contribution in [0.2, 0.25) is 0 Å². The molecular weight excluding hydrogens is 392 g/mol. The summed E-state index contributed by atoms with van der Waals surface area (Å²) in [4.78, 5) is 37.6. The molecule has 1 N–H and O–H groups in total. The van der Waals surface area contributed by atoms with E-state index >= 15 is 0 Å². The molecule has 3 rings (SSSR count). The number of rotatable bonds is 6. The van der Waals surface area contributed by atoms with Gasteiger partial charge in [-0.2, -0.15) is 5.10 Å². The van der Waals surface area contributed by atoms with Gasteiger partial charge in [-0.25, -0.2) is 4.68 Å². The van der Waals surface area contributed by atoms with Crippen molar-refractivity contribution >= 4 is 17.4 Å². The minimum absolute atomic E-state index is 0.0822. The van der Waals surface area contributed by atoms with E-state index in [4.69, 9.17) is 4.74 Å². The van der Waals surface area contributed by atoms with Crippen molar-refractivity contribution in [3.63, 3.8) is 0 Å². The van der Waals surface area contributed by atoms with E-state index in [1.807, 2.05) is 12.1 Å². The Labute approximate surface area is 172 Å². The number of methoxy groups -OCH3 is 1. The van der Waals surface area contributed by atoms with Crippen molar-refractivity contribution in [2.45, 2.75) is 13.3 Å². The number of carbonyl (C=O) groups is 1. The zero-order valence-electron chi connectivity index (χ0n) is 17.1. The number of carbonyl (C=O) groups excluding carboxylic acids is 1. The van der Waals surface area contributed by atoms with E-state index in [2.05, 4.69) is 15.1 Å². The smallest absolute Gasteiger partial charge is 0.311 e. The van der Waals surface area contributed by atoms with E-state index in [1.165, 1.54) is 36.1 Å². The quantitative estimate of drug-likeness (QED) is 0.319. The van der Waals surface area contributed by atoms with Crippen molar-refractivity contribution in [3.05, 3.63) is 56.0 Å². The Kier molecular flexibility index (Phi) is 6.31. The lowest BCUT2D eigenvalue weighted by atomic mass is 10.1. The van der Waals surface area contributed by atoms with Crippen molar-refractivity contribution in [2.75, 3.05) is 40.3 Å². The van der Waals surface area contributed by atoms with Crippen LogP contribution >= 0.6 is 0 Å². The van der Waals surface area contributed by atoms with Crippen LogP contribution < -0.4 is 5.56 Å². The summed E-state index contributed by atoms with van der Waals surface area (Å²) >= 11 is 0. The number of ether oxygens (including phenoxy) is 1. The van der Waals surface area contributed by atoms with Gasteiger partial charge in [-0.05, 0) is 26.1 Å². The number of nitro benzene ring substituents is 1. The third kappa shape index (κ3) is 4.57. The normalized spacial score (nSPS) is 15.3. The molecule has 0 atom stereocenters. The highest BCUT2D eigenvalue weighted by atomic mass is 16.6. The summed E-state index contributed by atoms with van der Waals surface area (Å²) in [6, 6.07) is 5.56. The molecule has 30 heavy (non-hydrogen) atoms. The van der Waals surface area contributed by atoms with Crippen LogP contribution in [0.1, 0.15) is 18.2 Å². The fourth-order valence-electron chi connectivity index (χ4n) is 3.26. The maximum absolute atomic E-state index is 13.2. The Morgan fingerprint density at radius 2 is 1.87 bits per heavy atom. The van der Waals surface area contributed by atoms with Crippen molar-refractivity contribution in [3.8, 4) is 5.69 Å². The van der Waals surface area contributed by atoms with E-state index < -0.39 is 16.5 Å². The van der Waals surface area contributed by atoms with Crippen LogP contribution in [-0.2, 0) is 16.0 Å². The number of hydrazone groups is 1. The average Bonchev–Trinajstić information content (AvgIpc) is 3.05. The van der Waals surface area contributed by atoms with Gasteiger partial charge in [0.25, 0.3) is 11.2 Å². The molecule has 0 amide bonds. The molecule has 0 radical (unpaired) electrons. The van der Waals surface area contributed by atoms with Crippen LogP contribution in [0.3, 0.4) is 0 Å². The molecule has 1 fully saturated rings. The lowest BCUT2D eigenvalue weighted by Gasteiger charge is -2.30. The number of aromatic nitrogens is 2. The maximum Gasteiger partial charge on any atom is 0.311 e. The SMILES string of the molecule is COC(=O)Cc1[nH]n(-c2ccc([N+](=O)[O-])cc2)c(=O)c1C(C)=NN1CCN(C)CC1. The molecule has 1 aliphatic rings. The van der Waals surface area contributed by atoms with Gasteiger partial charge in [-0.3, -0.25) is 29.8 Å². The van der Waals surface area contributed by atoms with Crippen molar-refractivity contribution in [2.24, 2.45) is 5.10 Å². The second-order valence-electron chi connectivity index (χ2n) is 7.07. The number of H-pyrrole nitrogens is 1. The Hall–Kier alpha value is -3.47. The first-order chi connectivity index (χ1) is 14.3. The van der Waals surface area contributed by atoms with Gasteiger partial charge >= 0.3 is 5.97 Å². The first-order valence-electron chi connectivity index (χ1n) is 9.44. The predicted molar refractivity (Wildman–Crippen MR) is 110 cm³/mol. The molecule has 0 saturated carbocycles. The van der Waals surface area contributed by atoms with Crippen LogP contribution in [0, 0.1) is 10.1 Å². The average molecular weight is 416 g/mol. The molecule has 1 saturated heterocycles. The first-order valence-corrected chi connectivity index (χ1v) is 9.44. The Bertz CT molecular complexity index is 1020. The Morgan fingerprint density at radius 3 is 2.43 bits per heavy atom. The molecule has 1 aliphatic heterocycles. The van der Waals surface area contributed by atoms with Crippen LogP contribution in [0.5, 0.6) is 0 Å². The standard InChI is InChI=1S/C19H24N6O5/c1-13(20-23-10-8-22(2)9-11-23)18-16(12-17(26)30-3)21-24(19(18)27)14-4-6-15(7-5-14)25(28)29/h4-7,21H,8-12H2,1-3H3. The number of hydrogen-bond donors (Lipinski definition) is 1. The van der Waals surface area contributed by atoms with Crippen molar-refractivity contribution in [1.82, 2.24) is 19.7 Å². The molecule has 0 aliphatic carbocycles. The molecule has 0 unspecified atom stereocenters. The Balaban J connectivity index is 2.01. The van der Waals surface area contributed by atoms with Gasteiger partial charge < -0.3 is 9.64 Å². The van der Waals surface area contributed by atoms with Crippen LogP contribution in [0.15, 0.2) is 34.2 Å². The summed E-state index contributed by atoms with van der Waals surface area (Å²) in [5.41, 5.74) is 1.09. The molecular formula is C19H24N6O5. The molecule has 2 aromatic rings. The maximum atomic E-state index is 13.2. The summed E-state index contributed by atoms with van der Waals surface area (Å²) in [7, 11) is 3.32. The number of nitro groups is 1. The third-order valence-corrected chi connectivity index (χ3v) is 4.97. The highest BCUT2D eigenvalue weighted by molar-refractivity contribution is 6.00. The number of aromatic amines is 1. The molecule has 11 nitrogen and oxygen atoms in total. The van der Waals surface area contributed by atoms with Crippen LogP contribution in [0.4, 0.5) is 5.69 Å². The third-order valence-electron chi connectivity index (χ3n) is 4.97. The van der Waals surface area contributed by atoms with Gasteiger partial charge in [-0.1, -0.05) is 0 Å². The van der Waals surface area contributed by atoms with Crippen LogP contribution in [-0.4, -0.2) is 76.6 Å². The van der Waals surface area contributed by atoms with Crippen LogP contribution in [0.25, 0.3) is 5.69 Å². The molecule has 1 aromatic heterocycles. The first kappa shape index (κ1) is 21.2. The Morgan fingerprint density at radius 1 is 1.23 bits per heavy atom. The van der Waals surface area contributed by atoms with Gasteiger partial charge in [0.2, 0.25) is 0 Å². The van der Waals surface area contributed by atoms with Crippen molar-refractivity contribution in [1.29, 1.82) is 0 Å². The topological polar surface area (TPSA) is 126 Å². The number of nitrogens with one attached hydrogen (secondary N) is 1. The van der Waals surface area contributed by atoms with Crippen molar-refractivity contribution < 1.29 is 14.5 Å². The van der Waals surface area contributed by atoms with E-state index in [9.17, 15) is 19.7 Å². The molecule has 0 bridgehead atoms. The highest BCUT2D eigenvalue weighted by Crippen LogP contribution is 2.16. The zero-order valence-corrected chi connectivity index (χ0v) is 17.1. The number of hydrogen-bond acceptors (Lipinski definition) is 8. The fourth-order valence-corrected chi connectivity index (χ4v) is 3.26. The molecule has 160 valence electrons. The number of piperazine rings is 1. The molecule has 2 heterocycles. The predicted octanol–water partition coefficient (Wildman–Crippen LogP) is 0.761. The summed E-state index contributed by atoms with van der Waals surface area (Å²) in [5.74, 6) is -0.499. The number of nitrogens with zero attached hydrogens (tertiary/aromatic N) is 5. The number of likely N-dealkylation sites (N-methyl/N-ethyl adjacent to an activating group) is 1. The summed E-state index contributed by atoms with van der Waals surface area (Å²) in [5, 5.41) is 20.3. The zero-order chi connectivity index (χ0) is 21.8. The monoisotopic (exact) mass is 416 g/mol. The lowest BCUT2D eigenvalue weighted by Crippen LogP contribution is -2.42. The largest absolute Gasteiger partial charge is 0.469 e. The molecule has 11 heteroatoms. The lowest BCUT2D eigenvalue weighted by molar-refractivity contribution is -0.384. The second kappa shape index (κ2) is 8.91. The van der Waals surface area contributed by atoms with E-state index in [1.54, 1.807) is 6.92 Å². The summed E-state index contributed by atoms with van der Waals surface area (Å²) in [6.45, 7) is 4.93. The van der Waals surface area contributed by atoms with E-state index in [0.29, 0.717) is 17.1 Å². The number of benzene rings is 1. The second-order valence-corrected chi connectivity index (χ2v) is 7.07. The molecule has 1 aromatic carbocycles. The minimum Gasteiger partial charge on any atom is -0.469 e. The number of esters is 1.